The Morgan fingerprint density at radius 1 is 1.40 bits per heavy atom. The van der Waals surface area contributed by atoms with Gasteiger partial charge in [0.2, 0.25) is 0 Å². The molecule has 0 atom stereocenters. The molecule has 0 spiro atoms. The minimum absolute atomic E-state index is 0.119. The fraction of sp³-hybridized carbons (Fsp3) is 0.800. The van der Waals surface area contributed by atoms with Crippen LogP contribution < -0.4 is 0 Å². The number of aromatic nitrogens is 3. The summed E-state index contributed by atoms with van der Waals surface area (Å²) in [5.41, 5.74) is -0.119. The molecule has 1 aromatic rings. The van der Waals surface area contributed by atoms with Gasteiger partial charge in [-0.25, -0.2) is 0 Å². The normalized spacial score (nSPS) is 18.4. The van der Waals surface area contributed by atoms with Gasteiger partial charge in [0, 0.05) is 13.0 Å². The van der Waals surface area contributed by atoms with Crippen LogP contribution in [0.2, 0.25) is 0 Å². The van der Waals surface area contributed by atoms with Crippen LogP contribution in [0.5, 0.6) is 0 Å². The molecule has 0 radical (unpaired) electrons. The monoisotopic (exact) mass is 279 g/mol. The van der Waals surface area contributed by atoms with Crippen LogP contribution >= 0.6 is 0 Å². The topological polar surface area (TPSA) is 68.0 Å². The molecule has 1 aliphatic carbocycles. The van der Waals surface area contributed by atoms with E-state index in [0.29, 0.717) is 5.92 Å². The molecule has 20 heavy (non-hydrogen) atoms. The van der Waals surface area contributed by atoms with Gasteiger partial charge in [-0.3, -0.25) is 4.79 Å². The highest BCUT2D eigenvalue weighted by molar-refractivity contribution is 5.67. The van der Waals surface area contributed by atoms with Crippen molar-refractivity contribution in [2.45, 2.75) is 65.3 Å². The maximum atomic E-state index is 11.2. The smallest absolute Gasteiger partial charge is 0.303 e. The van der Waals surface area contributed by atoms with Crippen LogP contribution in [0.3, 0.4) is 0 Å². The Bertz CT molecular complexity index is 448. The highest BCUT2D eigenvalue weighted by Gasteiger charge is 2.36. The number of nitrogens with zero attached hydrogens (tertiary/aromatic N) is 3. The quantitative estimate of drug-likeness (QED) is 0.869. The van der Waals surface area contributed by atoms with Gasteiger partial charge in [-0.1, -0.05) is 33.1 Å². The molecule has 0 aromatic carbocycles. The highest BCUT2D eigenvalue weighted by atomic mass is 16.4. The molecule has 112 valence electrons. The van der Waals surface area contributed by atoms with E-state index < -0.39 is 5.97 Å². The van der Waals surface area contributed by atoms with Crippen LogP contribution in [0.25, 0.3) is 0 Å². The Morgan fingerprint density at radius 2 is 2.10 bits per heavy atom. The van der Waals surface area contributed by atoms with E-state index in [4.69, 9.17) is 0 Å². The van der Waals surface area contributed by atoms with Crippen LogP contribution in [0, 0.1) is 11.3 Å². The molecule has 1 aromatic heterocycles. The Labute approximate surface area is 120 Å². The van der Waals surface area contributed by atoms with Gasteiger partial charge in [-0.2, -0.15) is 0 Å². The molecule has 1 aliphatic rings. The number of aliphatic carboxylic acids is 1. The molecular formula is C15H25N3O2. The van der Waals surface area contributed by atoms with Crippen molar-refractivity contribution in [3.05, 3.63) is 12.2 Å². The minimum atomic E-state index is -0.693. The van der Waals surface area contributed by atoms with Crippen LogP contribution in [-0.4, -0.2) is 25.8 Å². The van der Waals surface area contributed by atoms with Crippen molar-refractivity contribution < 1.29 is 9.90 Å². The maximum absolute atomic E-state index is 11.2. The minimum Gasteiger partial charge on any atom is -0.481 e. The van der Waals surface area contributed by atoms with Gasteiger partial charge in [0.25, 0.3) is 0 Å². The third kappa shape index (κ3) is 3.81. The average molecular weight is 279 g/mol. The molecule has 1 N–H and O–H groups in total. The van der Waals surface area contributed by atoms with E-state index in [9.17, 15) is 9.90 Å². The van der Waals surface area contributed by atoms with Crippen LogP contribution in [0.1, 0.15) is 58.2 Å². The Kier molecular flexibility index (Phi) is 4.78. The zero-order valence-corrected chi connectivity index (χ0v) is 12.5. The number of hydrogen-bond donors (Lipinski definition) is 1. The summed E-state index contributed by atoms with van der Waals surface area (Å²) in [7, 11) is 0. The summed E-state index contributed by atoms with van der Waals surface area (Å²) in [6.07, 6.45) is 8.24. The fourth-order valence-electron chi connectivity index (χ4n) is 3.34. The number of carbonyl (C=O) groups is 1. The van der Waals surface area contributed by atoms with Crippen LogP contribution in [-0.2, 0) is 17.8 Å². The first-order chi connectivity index (χ1) is 9.51. The second kappa shape index (κ2) is 6.37. The third-order valence-electron chi connectivity index (χ3n) is 4.23. The molecule has 1 heterocycles. The molecule has 1 fully saturated rings. The largest absolute Gasteiger partial charge is 0.481 e. The molecular weight excluding hydrogens is 254 g/mol. The Hall–Kier alpha value is -1.39. The van der Waals surface area contributed by atoms with Gasteiger partial charge in [-0.05, 0) is 24.2 Å². The summed E-state index contributed by atoms with van der Waals surface area (Å²) in [6.45, 7) is 5.22. The summed E-state index contributed by atoms with van der Waals surface area (Å²) in [5, 5.41) is 17.5. The predicted octanol–water partition coefficient (Wildman–Crippen LogP) is 2.90. The predicted molar refractivity (Wildman–Crippen MR) is 76.3 cm³/mol. The van der Waals surface area contributed by atoms with E-state index in [2.05, 4.69) is 28.6 Å². The van der Waals surface area contributed by atoms with Gasteiger partial charge in [0.15, 0.2) is 0 Å². The molecule has 0 unspecified atom stereocenters. The lowest BCUT2D eigenvalue weighted by atomic mass is 9.69. The lowest BCUT2D eigenvalue weighted by molar-refractivity contribution is -0.140. The second-order valence-corrected chi connectivity index (χ2v) is 6.60. The summed E-state index contributed by atoms with van der Waals surface area (Å²) in [4.78, 5) is 11.2. The molecule has 0 amide bonds. The first-order valence-electron chi connectivity index (χ1n) is 7.59. The van der Waals surface area contributed by atoms with E-state index >= 15 is 0 Å². The highest BCUT2D eigenvalue weighted by Crippen LogP contribution is 2.41. The fourth-order valence-corrected chi connectivity index (χ4v) is 3.34. The van der Waals surface area contributed by atoms with Crippen molar-refractivity contribution in [1.29, 1.82) is 0 Å². The molecule has 0 bridgehead atoms. The van der Waals surface area contributed by atoms with Gasteiger partial charge in [-0.15, -0.1) is 10.2 Å². The summed E-state index contributed by atoms with van der Waals surface area (Å²) < 4.78 is 2.09. The molecule has 0 saturated heterocycles. The van der Waals surface area contributed by atoms with E-state index in [1.165, 1.54) is 6.42 Å². The zero-order chi connectivity index (χ0) is 14.6. The summed E-state index contributed by atoms with van der Waals surface area (Å²) in [5.74, 6) is 0.787. The number of rotatable bonds is 6. The molecule has 1 saturated carbocycles. The van der Waals surface area contributed by atoms with E-state index in [1.54, 1.807) is 6.33 Å². The van der Waals surface area contributed by atoms with Crippen molar-refractivity contribution in [3.8, 4) is 0 Å². The van der Waals surface area contributed by atoms with Gasteiger partial charge in [0.05, 0.1) is 6.42 Å². The van der Waals surface area contributed by atoms with Gasteiger partial charge < -0.3 is 9.67 Å². The second-order valence-electron chi connectivity index (χ2n) is 6.60. The molecule has 2 rings (SSSR count). The molecule has 0 aliphatic heterocycles. The Balaban J connectivity index is 2.15. The van der Waals surface area contributed by atoms with Gasteiger partial charge >= 0.3 is 5.97 Å². The molecule has 5 nitrogen and oxygen atoms in total. The van der Waals surface area contributed by atoms with Crippen molar-refractivity contribution in [2.75, 3.05) is 0 Å². The first kappa shape index (κ1) is 15.0. The van der Waals surface area contributed by atoms with Crippen molar-refractivity contribution >= 4 is 5.97 Å². The first-order valence-corrected chi connectivity index (χ1v) is 7.59. The Morgan fingerprint density at radius 3 is 2.70 bits per heavy atom. The van der Waals surface area contributed by atoms with Crippen molar-refractivity contribution in [3.63, 3.8) is 0 Å². The summed E-state index contributed by atoms with van der Waals surface area (Å²) in [6, 6.07) is 0. The third-order valence-corrected chi connectivity index (χ3v) is 4.23. The lowest BCUT2D eigenvalue weighted by Crippen LogP contribution is -2.31. The molecule has 5 heteroatoms. The summed E-state index contributed by atoms with van der Waals surface area (Å²) >= 11 is 0. The van der Waals surface area contributed by atoms with Gasteiger partial charge in [0.1, 0.15) is 12.2 Å². The number of carboxylic acid groups (broad SMARTS) is 1. The average Bonchev–Trinajstić information content (AvgIpc) is 2.75. The number of carboxylic acids is 1. The number of hydrogen-bond acceptors (Lipinski definition) is 3. The maximum Gasteiger partial charge on any atom is 0.303 e. The lowest BCUT2D eigenvalue weighted by Gasteiger charge is -2.35. The van der Waals surface area contributed by atoms with E-state index in [0.717, 1.165) is 44.5 Å². The van der Waals surface area contributed by atoms with Crippen molar-refractivity contribution in [2.24, 2.45) is 11.3 Å². The van der Waals surface area contributed by atoms with E-state index in [1.807, 2.05) is 0 Å². The van der Waals surface area contributed by atoms with Crippen LogP contribution in [0.4, 0.5) is 0 Å². The van der Waals surface area contributed by atoms with Crippen molar-refractivity contribution in [1.82, 2.24) is 14.8 Å². The van der Waals surface area contributed by atoms with E-state index in [-0.39, 0.29) is 11.8 Å². The van der Waals surface area contributed by atoms with Crippen LogP contribution in [0.15, 0.2) is 6.33 Å². The SMILES string of the molecule is CC(C)Cn1cnnc1CC1(CC(=O)O)CCCCC1. The zero-order valence-electron chi connectivity index (χ0n) is 12.5. The standard InChI is InChI=1S/C15H25N3O2/c1-12(2)10-18-11-16-17-13(18)8-15(9-14(19)20)6-4-3-5-7-15/h11-12H,3-10H2,1-2H3,(H,19,20).